The summed E-state index contributed by atoms with van der Waals surface area (Å²) in [6.07, 6.45) is 9.33. The van der Waals surface area contributed by atoms with Gasteiger partial charge in [0.1, 0.15) is 12.4 Å². The predicted molar refractivity (Wildman–Crippen MR) is 127 cm³/mol. The summed E-state index contributed by atoms with van der Waals surface area (Å²) in [6.45, 7) is 6.53. The minimum Gasteiger partial charge on any atom is -0.375 e. The first-order valence-corrected chi connectivity index (χ1v) is 12.7. The van der Waals surface area contributed by atoms with E-state index in [1.165, 1.54) is 44.7 Å². The molecule has 1 aliphatic heterocycles. The zero-order valence-corrected chi connectivity index (χ0v) is 20.7. The number of halogens is 2. The third-order valence-electron chi connectivity index (χ3n) is 7.26. The van der Waals surface area contributed by atoms with Crippen molar-refractivity contribution in [1.29, 1.82) is 0 Å². The number of amides is 1. The lowest BCUT2D eigenvalue weighted by Gasteiger charge is -2.37. The van der Waals surface area contributed by atoms with Crippen molar-refractivity contribution in [3.63, 3.8) is 0 Å². The monoisotopic (exact) mass is 496 g/mol. The van der Waals surface area contributed by atoms with Gasteiger partial charge in [-0.25, -0.2) is 4.39 Å². The second-order valence-corrected chi connectivity index (χ2v) is 10.2. The number of carbonyl (C=O) groups is 1. The average Bonchev–Trinajstić information content (AvgIpc) is 2.77. The summed E-state index contributed by atoms with van der Waals surface area (Å²) in [5.41, 5.74) is 1.10. The third kappa shape index (κ3) is 7.26. The Hall–Kier alpha value is -0.980. The maximum atomic E-state index is 13.5. The number of benzene rings is 1. The highest BCUT2D eigenvalue weighted by atomic mass is 79.9. The Morgan fingerprint density at radius 2 is 1.87 bits per heavy atom. The zero-order valence-electron chi connectivity index (χ0n) is 19.1. The first-order valence-electron chi connectivity index (χ1n) is 11.9. The number of carbonyl (C=O) groups excluding carboxylic acids is 1. The van der Waals surface area contributed by atoms with Crippen molar-refractivity contribution < 1.29 is 13.9 Å². The molecule has 1 amide bonds. The molecule has 1 saturated carbocycles. The molecule has 4 nitrogen and oxygen atoms in total. The summed E-state index contributed by atoms with van der Waals surface area (Å²) in [6, 6.07) is 5.40. The van der Waals surface area contributed by atoms with Crippen molar-refractivity contribution in [1.82, 2.24) is 9.80 Å². The molecule has 31 heavy (non-hydrogen) atoms. The van der Waals surface area contributed by atoms with Gasteiger partial charge in [0.2, 0.25) is 5.91 Å². The zero-order chi connectivity index (χ0) is 22.2. The first kappa shape index (κ1) is 24.7. The molecule has 1 heterocycles. The maximum Gasteiger partial charge on any atom is 0.248 e. The number of ether oxygens (including phenoxy) is 1. The number of methoxy groups -OCH3 is 1. The fraction of sp³-hybridized carbons (Fsp3) is 0.720. The first-order chi connectivity index (χ1) is 15.0. The molecule has 1 aromatic carbocycles. The summed E-state index contributed by atoms with van der Waals surface area (Å²) >= 11 is 3.57. The van der Waals surface area contributed by atoms with Crippen LogP contribution in [0.5, 0.6) is 0 Å². The SMILES string of the molecule is CCN(C(=O)COC)[C@H]1CC[C@H](CCN2CCC(Cc3cc(F)ccc3Br)CC2)CC1. The minimum absolute atomic E-state index is 0.126. The Morgan fingerprint density at radius 3 is 2.52 bits per heavy atom. The van der Waals surface area contributed by atoms with E-state index in [0.29, 0.717) is 12.0 Å². The highest BCUT2D eigenvalue weighted by Crippen LogP contribution is 2.31. The van der Waals surface area contributed by atoms with Crippen LogP contribution in [-0.2, 0) is 16.0 Å². The van der Waals surface area contributed by atoms with E-state index in [2.05, 4.69) is 27.8 Å². The molecule has 6 heteroatoms. The van der Waals surface area contributed by atoms with Crippen LogP contribution in [0.2, 0.25) is 0 Å². The lowest BCUT2D eigenvalue weighted by molar-refractivity contribution is -0.138. The van der Waals surface area contributed by atoms with Crippen LogP contribution >= 0.6 is 15.9 Å². The Bertz CT molecular complexity index is 701. The van der Waals surface area contributed by atoms with E-state index in [4.69, 9.17) is 4.74 Å². The molecule has 2 fully saturated rings. The Balaban J connectivity index is 1.35. The van der Waals surface area contributed by atoms with Gasteiger partial charge >= 0.3 is 0 Å². The fourth-order valence-corrected chi connectivity index (χ4v) is 5.79. The van der Waals surface area contributed by atoms with Crippen LogP contribution in [-0.4, -0.2) is 61.6 Å². The Labute approximate surface area is 195 Å². The van der Waals surface area contributed by atoms with Gasteiger partial charge in [-0.2, -0.15) is 0 Å². The topological polar surface area (TPSA) is 32.8 Å². The van der Waals surface area contributed by atoms with Crippen LogP contribution in [0.1, 0.15) is 57.4 Å². The largest absolute Gasteiger partial charge is 0.375 e. The normalized spacial score (nSPS) is 23.1. The van der Waals surface area contributed by atoms with Crippen LogP contribution < -0.4 is 0 Å². The van der Waals surface area contributed by atoms with E-state index in [1.54, 1.807) is 13.2 Å². The number of rotatable bonds is 9. The quantitative estimate of drug-likeness (QED) is 0.465. The summed E-state index contributed by atoms with van der Waals surface area (Å²) in [7, 11) is 1.59. The molecule has 0 spiro atoms. The van der Waals surface area contributed by atoms with Gasteiger partial charge < -0.3 is 14.5 Å². The number of likely N-dealkylation sites (N-methyl/N-ethyl adjacent to an activating group) is 1. The molecule has 174 valence electrons. The van der Waals surface area contributed by atoms with Crippen LogP contribution in [0.25, 0.3) is 0 Å². The molecule has 1 saturated heterocycles. The second-order valence-electron chi connectivity index (χ2n) is 9.30. The molecule has 0 unspecified atom stereocenters. The van der Waals surface area contributed by atoms with Crippen LogP contribution in [0.4, 0.5) is 4.39 Å². The van der Waals surface area contributed by atoms with Gasteiger partial charge in [-0.1, -0.05) is 15.9 Å². The lowest BCUT2D eigenvalue weighted by atomic mass is 9.83. The molecule has 0 aromatic heterocycles. The average molecular weight is 497 g/mol. The molecule has 0 radical (unpaired) electrons. The number of nitrogens with zero attached hydrogens (tertiary/aromatic N) is 2. The summed E-state index contributed by atoms with van der Waals surface area (Å²) in [4.78, 5) is 16.9. The van der Waals surface area contributed by atoms with Gasteiger partial charge in [-0.15, -0.1) is 0 Å². The third-order valence-corrected chi connectivity index (χ3v) is 8.04. The number of hydrogen-bond donors (Lipinski definition) is 0. The van der Waals surface area contributed by atoms with Crippen molar-refractivity contribution in [2.45, 2.75) is 64.3 Å². The lowest BCUT2D eigenvalue weighted by Crippen LogP contribution is -2.44. The molecule has 0 atom stereocenters. The molecule has 1 aliphatic carbocycles. The Kier molecular flexibility index (Phi) is 9.79. The van der Waals surface area contributed by atoms with E-state index in [-0.39, 0.29) is 18.3 Å². The second kappa shape index (κ2) is 12.3. The van der Waals surface area contributed by atoms with Crippen LogP contribution in [0, 0.1) is 17.7 Å². The van der Waals surface area contributed by atoms with Crippen LogP contribution in [0.3, 0.4) is 0 Å². The smallest absolute Gasteiger partial charge is 0.248 e. The Morgan fingerprint density at radius 1 is 1.16 bits per heavy atom. The van der Waals surface area contributed by atoms with E-state index in [0.717, 1.165) is 54.9 Å². The van der Waals surface area contributed by atoms with Gasteiger partial charge in [-0.3, -0.25) is 4.79 Å². The number of likely N-dealkylation sites (tertiary alicyclic amines) is 1. The predicted octanol–water partition coefficient (Wildman–Crippen LogP) is 5.29. The van der Waals surface area contributed by atoms with Crippen molar-refractivity contribution in [3.05, 3.63) is 34.1 Å². The molecule has 1 aromatic rings. The molecular formula is C25H38BrFN2O2. The van der Waals surface area contributed by atoms with E-state index >= 15 is 0 Å². The van der Waals surface area contributed by atoms with Crippen molar-refractivity contribution in [2.75, 3.05) is 39.9 Å². The highest BCUT2D eigenvalue weighted by Gasteiger charge is 2.28. The minimum atomic E-state index is -0.143. The molecule has 0 bridgehead atoms. The standard InChI is InChI=1S/C25H38BrFN2O2/c1-3-29(25(30)18-31-2)23-7-4-19(5-8-23)10-13-28-14-11-20(12-15-28)16-21-17-22(27)6-9-24(21)26/h6,9,17,19-20,23H,3-5,7-8,10-16,18H2,1-2H3/t19-,23-. The van der Waals surface area contributed by atoms with Crippen molar-refractivity contribution in [3.8, 4) is 0 Å². The van der Waals surface area contributed by atoms with Gasteiger partial charge in [0.05, 0.1) is 0 Å². The van der Waals surface area contributed by atoms with E-state index < -0.39 is 0 Å². The van der Waals surface area contributed by atoms with Gasteiger partial charge in [0, 0.05) is 24.2 Å². The van der Waals surface area contributed by atoms with Crippen molar-refractivity contribution in [2.24, 2.45) is 11.8 Å². The van der Waals surface area contributed by atoms with Gasteiger partial charge in [-0.05, 0) is 114 Å². The van der Waals surface area contributed by atoms with E-state index in [1.807, 2.05) is 11.0 Å². The van der Waals surface area contributed by atoms with Gasteiger partial charge in [0.25, 0.3) is 0 Å². The van der Waals surface area contributed by atoms with Gasteiger partial charge in [0.15, 0.2) is 0 Å². The van der Waals surface area contributed by atoms with Crippen molar-refractivity contribution >= 4 is 21.8 Å². The number of hydrogen-bond acceptors (Lipinski definition) is 3. The molecule has 2 aliphatic rings. The van der Waals surface area contributed by atoms with Crippen LogP contribution in [0.15, 0.2) is 22.7 Å². The summed E-state index contributed by atoms with van der Waals surface area (Å²) in [5.74, 6) is 1.42. The highest BCUT2D eigenvalue weighted by molar-refractivity contribution is 9.10. The molecule has 3 rings (SSSR count). The fourth-order valence-electron chi connectivity index (χ4n) is 5.38. The molecular weight excluding hydrogens is 459 g/mol. The summed E-state index contributed by atoms with van der Waals surface area (Å²) in [5, 5.41) is 0. The van der Waals surface area contributed by atoms with E-state index in [9.17, 15) is 9.18 Å². The maximum absolute atomic E-state index is 13.5. The molecule has 0 N–H and O–H groups in total. The number of piperidine rings is 1. The summed E-state index contributed by atoms with van der Waals surface area (Å²) < 4.78 is 19.6.